The number of sulfonamides is 1. The first-order valence-electron chi connectivity index (χ1n) is 6.29. The highest BCUT2D eigenvalue weighted by molar-refractivity contribution is 7.89. The van der Waals surface area contributed by atoms with Crippen LogP contribution in [0.15, 0.2) is 0 Å². The fourth-order valence-electron chi connectivity index (χ4n) is 1.93. The molecule has 1 saturated heterocycles. The number of hydrogen-bond acceptors (Lipinski definition) is 4. The van der Waals surface area contributed by atoms with Crippen LogP contribution in [0.3, 0.4) is 0 Å². The summed E-state index contributed by atoms with van der Waals surface area (Å²) in [5, 5.41) is 8.97. The molecule has 0 aromatic rings. The molecule has 6 nitrogen and oxygen atoms in total. The first kappa shape index (κ1) is 15.4. The van der Waals surface area contributed by atoms with Crippen LogP contribution in [0.5, 0.6) is 0 Å². The SMILES string of the molecule is CCCC[C@H](NS(=O)(=O)CC1CCCO1)C(=O)O. The lowest BCUT2D eigenvalue weighted by Crippen LogP contribution is -2.43. The van der Waals surface area contributed by atoms with Gasteiger partial charge in [0.1, 0.15) is 6.04 Å². The number of nitrogens with one attached hydrogen (secondary N) is 1. The highest BCUT2D eigenvalue weighted by atomic mass is 32.2. The molecule has 1 heterocycles. The minimum absolute atomic E-state index is 0.150. The lowest BCUT2D eigenvalue weighted by molar-refractivity contribution is -0.139. The molecular weight excluding hydrogens is 258 g/mol. The molecule has 0 aliphatic carbocycles. The van der Waals surface area contributed by atoms with Crippen molar-refractivity contribution in [1.82, 2.24) is 4.72 Å². The third-order valence-corrected chi connectivity index (χ3v) is 4.35. The molecule has 0 aromatic carbocycles. The maximum atomic E-state index is 11.8. The molecular formula is C11H21NO5S. The Bertz CT molecular complexity index is 362. The monoisotopic (exact) mass is 279 g/mol. The van der Waals surface area contributed by atoms with E-state index >= 15 is 0 Å². The smallest absolute Gasteiger partial charge is 0.321 e. The van der Waals surface area contributed by atoms with E-state index in [1.54, 1.807) is 0 Å². The number of unbranched alkanes of at least 4 members (excludes halogenated alkanes) is 1. The zero-order valence-electron chi connectivity index (χ0n) is 10.6. The van der Waals surface area contributed by atoms with E-state index in [9.17, 15) is 13.2 Å². The highest BCUT2D eigenvalue weighted by Gasteiger charge is 2.27. The lowest BCUT2D eigenvalue weighted by atomic mass is 10.1. The van der Waals surface area contributed by atoms with Crippen LogP contribution in [0.1, 0.15) is 39.0 Å². The van der Waals surface area contributed by atoms with Gasteiger partial charge in [-0.25, -0.2) is 13.1 Å². The van der Waals surface area contributed by atoms with Crippen molar-refractivity contribution in [3.8, 4) is 0 Å². The van der Waals surface area contributed by atoms with Gasteiger partial charge in [0.2, 0.25) is 10.0 Å². The Balaban J connectivity index is 2.52. The third kappa shape index (κ3) is 5.32. The van der Waals surface area contributed by atoms with Crippen molar-refractivity contribution in [3.63, 3.8) is 0 Å². The van der Waals surface area contributed by atoms with E-state index in [1.165, 1.54) is 0 Å². The first-order chi connectivity index (χ1) is 8.44. The van der Waals surface area contributed by atoms with Crippen LogP contribution in [0.25, 0.3) is 0 Å². The van der Waals surface area contributed by atoms with Gasteiger partial charge in [0.15, 0.2) is 0 Å². The maximum absolute atomic E-state index is 11.8. The zero-order chi connectivity index (χ0) is 13.6. The Labute approximate surface area is 108 Å². The number of ether oxygens (including phenoxy) is 1. The third-order valence-electron chi connectivity index (χ3n) is 2.90. The van der Waals surface area contributed by atoms with Crippen molar-refractivity contribution < 1.29 is 23.1 Å². The van der Waals surface area contributed by atoms with E-state index in [4.69, 9.17) is 9.84 Å². The molecule has 0 amide bonds. The topological polar surface area (TPSA) is 92.7 Å². The number of aliphatic carboxylic acids is 1. The van der Waals surface area contributed by atoms with Gasteiger partial charge in [-0.3, -0.25) is 4.79 Å². The summed E-state index contributed by atoms with van der Waals surface area (Å²) in [4.78, 5) is 11.0. The molecule has 0 saturated carbocycles. The molecule has 1 unspecified atom stereocenters. The molecule has 2 atom stereocenters. The van der Waals surface area contributed by atoms with Crippen molar-refractivity contribution in [2.24, 2.45) is 0 Å². The first-order valence-corrected chi connectivity index (χ1v) is 7.94. The van der Waals surface area contributed by atoms with Crippen molar-refractivity contribution in [2.75, 3.05) is 12.4 Å². The lowest BCUT2D eigenvalue weighted by Gasteiger charge is -2.16. The maximum Gasteiger partial charge on any atom is 0.321 e. The van der Waals surface area contributed by atoms with Gasteiger partial charge in [-0.15, -0.1) is 0 Å². The van der Waals surface area contributed by atoms with Gasteiger partial charge >= 0.3 is 5.97 Å². The van der Waals surface area contributed by atoms with E-state index in [-0.39, 0.29) is 11.9 Å². The Morgan fingerprint density at radius 3 is 2.78 bits per heavy atom. The Kier molecular flexibility index (Phi) is 6.04. The van der Waals surface area contributed by atoms with Gasteiger partial charge in [0.25, 0.3) is 0 Å². The molecule has 0 spiro atoms. The molecule has 0 aromatic heterocycles. The largest absolute Gasteiger partial charge is 0.480 e. The van der Waals surface area contributed by atoms with Crippen molar-refractivity contribution >= 4 is 16.0 Å². The Morgan fingerprint density at radius 2 is 2.28 bits per heavy atom. The van der Waals surface area contributed by atoms with Gasteiger partial charge in [0, 0.05) is 6.61 Å². The van der Waals surface area contributed by atoms with Crippen molar-refractivity contribution in [1.29, 1.82) is 0 Å². The number of hydrogen-bond donors (Lipinski definition) is 2. The second-order valence-electron chi connectivity index (χ2n) is 4.57. The van der Waals surface area contributed by atoms with Crippen LogP contribution in [0.4, 0.5) is 0 Å². The van der Waals surface area contributed by atoms with Crippen LogP contribution >= 0.6 is 0 Å². The minimum Gasteiger partial charge on any atom is -0.480 e. The van der Waals surface area contributed by atoms with Gasteiger partial charge < -0.3 is 9.84 Å². The number of carbonyl (C=O) groups is 1. The summed E-state index contributed by atoms with van der Waals surface area (Å²) in [5.74, 6) is -1.28. The summed E-state index contributed by atoms with van der Waals surface area (Å²) in [6, 6.07) is -1.03. The standard InChI is InChI=1S/C11H21NO5S/c1-2-3-6-10(11(13)14)12-18(15,16)8-9-5-4-7-17-9/h9-10,12H,2-8H2,1H3,(H,13,14)/t9?,10-/m0/s1. The Morgan fingerprint density at radius 1 is 1.56 bits per heavy atom. The summed E-state index contributed by atoms with van der Waals surface area (Å²) in [6.07, 6.45) is 3.10. The van der Waals surface area contributed by atoms with Crippen molar-refractivity contribution in [3.05, 3.63) is 0 Å². The second kappa shape index (κ2) is 7.06. The normalized spacial score (nSPS) is 21.9. The number of rotatable bonds is 8. The van der Waals surface area contributed by atoms with Crippen LogP contribution in [0, 0.1) is 0 Å². The van der Waals surface area contributed by atoms with Gasteiger partial charge in [-0.05, 0) is 19.3 Å². The number of carboxylic acid groups (broad SMARTS) is 1. The summed E-state index contributed by atoms with van der Waals surface area (Å²) >= 11 is 0. The predicted molar refractivity (Wildman–Crippen MR) is 66.8 cm³/mol. The average molecular weight is 279 g/mol. The van der Waals surface area contributed by atoms with Crippen LogP contribution < -0.4 is 4.72 Å². The van der Waals surface area contributed by atoms with E-state index in [0.29, 0.717) is 25.9 Å². The van der Waals surface area contributed by atoms with Gasteiger partial charge in [-0.1, -0.05) is 19.8 Å². The molecule has 2 N–H and O–H groups in total. The van der Waals surface area contributed by atoms with Gasteiger partial charge in [-0.2, -0.15) is 0 Å². The zero-order valence-corrected chi connectivity index (χ0v) is 11.4. The fourth-order valence-corrected chi connectivity index (χ4v) is 3.43. The quantitative estimate of drug-likeness (QED) is 0.683. The van der Waals surface area contributed by atoms with E-state index in [0.717, 1.165) is 12.8 Å². The van der Waals surface area contributed by atoms with Crippen LogP contribution in [-0.4, -0.2) is 44.0 Å². The fraction of sp³-hybridized carbons (Fsp3) is 0.909. The molecule has 18 heavy (non-hydrogen) atoms. The molecule has 1 aliphatic heterocycles. The minimum atomic E-state index is -3.60. The predicted octanol–water partition coefficient (Wildman–Crippen LogP) is 0.728. The van der Waals surface area contributed by atoms with E-state index in [1.807, 2.05) is 6.92 Å². The van der Waals surface area contributed by atoms with E-state index < -0.39 is 22.0 Å². The summed E-state index contributed by atoms with van der Waals surface area (Å²) in [6.45, 7) is 2.51. The summed E-state index contributed by atoms with van der Waals surface area (Å²) < 4.78 is 31.1. The molecule has 1 fully saturated rings. The van der Waals surface area contributed by atoms with Crippen molar-refractivity contribution in [2.45, 2.75) is 51.2 Å². The number of carboxylic acids is 1. The van der Waals surface area contributed by atoms with Gasteiger partial charge in [0.05, 0.1) is 11.9 Å². The molecule has 0 bridgehead atoms. The van der Waals surface area contributed by atoms with E-state index in [2.05, 4.69) is 4.72 Å². The molecule has 7 heteroatoms. The van der Waals surface area contributed by atoms with Crippen LogP contribution in [-0.2, 0) is 19.6 Å². The Hall–Kier alpha value is -0.660. The summed E-state index contributed by atoms with van der Waals surface area (Å²) in [7, 11) is -3.60. The second-order valence-corrected chi connectivity index (χ2v) is 6.37. The molecule has 1 rings (SSSR count). The highest BCUT2D eigenvalue weighted by Crippen LogP contribution is 2.14. The molecule has 1 aliphatic rings. The molecule has 106 valence electrons. The summed E-state index contributed by atoms with van der Waals surface area (Å²) in [5.41, 5.74) is 0. The molecule has 0 radical (unpaired) electrons. The average Bonchev–Trinajstić information content (AvgIpc) is 2.75. The van der Waals surface area contributed by atoms with Crippen LogP contribution in [0.2, 0.25) is 0 Å².